The second-order valence-electron chi connectivity index (χ2n) is 3.92. The third-order valence-electron chi connectivity index (χ3n) is 2.45. The summed E-state index contributed by atoms with van der Waals surface area (Å²) in [5, 5.41) is 3.34. The van der Waals surface area contributed by atoms with Gasteiger partial charge in [-0.15, -0.1) is 0 Å². The molecule has 1 aromatic rings. The van der Waals surface area contributed by atoms with Crippen molar-refractivity contribution in [1.29, 1.82) is 0 Å². The summed E-state index contributed by atoms with van der Waals surface area (Å²) in [7, 11) is 0. The van der Waals surface area contributed by atoms with Gasteiger partial charge in [0.1, 0.15) is 0 Å². The summed E-state index contributed by atoms with van der Waals surface area (Å²) in [6, 6.07) is 2.54. The molecule has 1 unspecified atom stereocenters. The summed E-state index contributed by atoms with van der Waals surface area (Å²) < 4.78 is 1.37. The number of hydrogen-bond donors (Lipinski definition) is 1. The third kappa shape index (κ3) is 3.34. The molecule has 1 N–H and O–H groups in total. The molecule has 1 heterocycles. The molecule has 0 saturated heterocycles. The number of aromatic nitrogens is 2. The van der Waals surface area contributed by atoms with Crippen molar-refractivity contribution >= 4 is 15.9 Å². The van der Waals surface area contributed by atoms with Gasteiger partial charge in [0.25, 0.3) is 11.1 Å². The van der Waals surface area contributed by atoms with Crippen molar-refractivity contribution < 1.29 is 0 Å². The van der Waals surface area contributed by atoms with Gasteiger partial charge in [-0.3, -0.25) is 14.7 Å². The maximum atomic E-state index is 11.4. The average molecular weight is 275 g/mol. The van der Waals surface area contributed by atoms with E-state index in [1.165, 1.54) is 16.8 Å². The van der Waals surface area contributed by atoms with Crippen LogP contribution in [0.4, 0.5) is 0 Å². The van der Waals surface area contributed by atoms with Crippen molar-refractivity contribution in [1.82, 2.24) is 9.78 Å². The third-order valence-corrected chi connectivity index (χ3v) is 3.28. The molecule has 0 aliphatic rings. The maximum Gasteiger partial charge on any atom is 0.265 e. The Morgan fingerprint density at radius 2 is 2.07 bits per heavy atom. The van der Waals surface area contributed by atoms with Crippen LogP contribution in [-0.2, 0) is 6.54 Å². The normalized spacial score (nSPS) is 13.1. The number of H-pyrrole nitrogens is 1. The van der Waals surface area contributed by atoms with Crippen LogP contribution in [0.3, 0.4) is 0 Å². The van der Waals surface area contributed by atoms with E-state index in [0.29, 0.717) is 18.4 Å². The maximum absolute atomic E-state index is 11.4. The molecule has 1 rings (SSSR count). The Bertz CT molecular complexity index is 422. The van der Waals surface area contributed by atoms with E-state index < -0.39 is 0 Å². The monoisotopic (exact) mass is 274 g/mol. The lowest BCUT2D eigenvalue weighted by molar-refractivity contribution is 0.347. The Balaban J connectivity index is 2.92. The number of alkyl halides is 1. The fourth-order valence-corrected chi connectivity index (χ4v) is 2.22. The van der Waals surface area contributed by atoms with Crippen molar-refractivity contribution in [2.24, 2.45) is 11.8 Å². The van der Waals surface area contributed by atoms with Crippen LogP contribution < -0.4 is 11.1 Å². The van der Waals surface area contributed by atoms with Gasteiger partial charge in [-0.2, -0.15) is 0 Å². The van der Waals surface area contributed by atoms with E-state index >= 15 is 0 Å². The molecule has 5 heteroatoms. The Labute approximate surface area is 96.4 Å². The van der Waals surface area contributed by atoms with Gasteiger partial charge in [0.2, 0.25) is 0 Å². The summed E-state index contributed by atoms with van der Waals surface area (Å²) in [6.45, 7) is 4.73. The number of nitrogens with one attached hydrogen (secondary N) is 1. The first kappa shape index (κ1) is 12.2. The number of nitrogens with zero attached hydrogens (tertiary/aromatic N) is 1. The molecule has 0 bridgehead atoms. The highest BCUT2D eigenvalue weighted by Crippen LogP contribution is 2.14. The zero-order chi connectivity index (χ0) is 11.4. The van der Waals surface area contributed by atoms with Gasteiger partial charge in [0.05, 0.1) is 0 Å². The minimum absolute atomic E-state index is 0.166. The molecule has 0 aliphatic carbocycles. The smallest absolute Gasteiger partial charge is 0.265 e. The van der Waals surface area contributed by atoms with Crippen LogP contribution in [0.5, 0.6) is 0 Å². The van der Waals surface area contributed by atoms with Crippen molar-refractivity contribution in [3.63, 3.8) is 0 Å². The van der Waals surface area contributed by atoms with E-state index in [1.54, 1.807) is 0 Å². The average Bonchev–Trinajstić information content (AvgIpc) is 2.18. The van der Waals surface area contributed by atoms with Gasteiger partial charge in [0, 0.05) is 24.0 Å². The first-order chi connectivity index (χ1) is 7.04. The van der Waals surface area contributed by atoms with Crippen LogP contribution in [0.2, 0.25) is 0 Å². The van der Waals surface area contributed by atoms with Gasteiger partial charge in [0.15, 0.2) is 0 Å². The van der Waals surface area contributed by atoms with Crippen LogP contribution >= 0.6 is 15.9 Å². The van der Waals surface area contributed by atoms with Crippen molar-refractivity contribution in [2.45, 2.75) is 20.4 Å². The predicted octanol–water partition coefficient (Wildman–Crippen LogP) is 1.20. The molecule has 1 atom stereocenters. The minimum Gasteiger partial charge on any atom is -0.268 e. The Kier molecular flexibility index (Phi) is 4.32. The molecular weight excluding hydrogens is 260 g/mol. The highest BCUT2D eigenvalue weighted by Gasteiger charge is 2.13. The van der Waals surface area contributed by atoms with Crippen molar-refractivity contribution in [3.8, 4) is 0 Å². The first-order valence-electron chi connectivity index (χ1n) is 4.90. The van der Waals surface area contributed by atoms with Gasteiger partial charge >= 0.3 is 0 Å². The molecule has 0 fully saturated rings. The molecular formula is C10H15BrN2O2. The highest BCUT2D eigenvalue weighted by molar-refractivity contribution is 9.09. The van der Waals surface area contributed by atoms with Crippen LogP contribution in [0.25, 0.3) is 0 Å². The Morgan fingerprint density at radius 1 is 1.40 bits per heavy atom. The van der Waals surface area contributed by atoms with Gasteiger partial charge in [-0.25, -0.2) is 4.68 Å². The van der Waals surface area contributed by atoms with Crippen LogP contribution in [0, 0.1) is 11.8 Å². The molecule has 0 aromatic carbocycles. The molecule has 0 saturated carbocycles. The summed E-state index contributed by atoms with van der Waals surface area (Å²) in [5.41, 5.74) is -0.409. The van der Waals surface area contributed by atoms with Gasteiger partial charge in [-0.05, 0) is 11.8 Å². The van der Waals surface area contributed by atoms with Crippen molar-refractivity contribution in [2.75, 3.05) is 5.33 Å². The topological polar surface area (TPSA) is 54.9 Å². The highest BCUT2D eigenvalue weighted by atomic mass is 79.9. The lowest BCUT2D eigenvalue weighted by atomic mass is 9.98. The summed E-state index contributed by atoms with van der Waals surface area (Å²) in [6.07, 6.45) is 0. The Morgan fingerprint density at radius 3 is 2.60 bits per heavy atom. The number of halogens is 1. The fourth-order valence-electron chi connectivity index (χ4n) is 1.27. The Hall–Kier alpha value is -0.840. The lowest BCUT2D eigenvalue weighted by Crippen LogP contribution is -2.32. The van der Waals surface area contributed by atoms with E-state index in [0.717, 1.165) is 5.33 Å². The van der Waals surface area contributed by atoms with Crippen molar-refractivity contribution in [3.05, 3.63) is 32.8 Å². The molecule has 0 radical (unpaired) electrons. The number of aromatic amines is 1. The summed E-state index contributed by atoms with van der Waals surface area (Å²) in [5.74, 6) is 0.792. The zero-order valence-electron chi connectivity index (χ0n) is 8.87. The molecule has 1 aromatic heterocycles. The van der Waals surface area contributed by atoms with Gasteiger partial charge in [-0.1, -0.05) is 29.8 Å². The molecule has 0 spiro atoms. The molecule has 0 amide bonds. The van der Waals surface area contributed by atoms with Crippen LogP contribution in [-0.4, -0.2) is 15.1 Å². The molecule has 15 heavy (non-hydrogen) atoms. The first-order valence-corrected chi connectivity index (χ1v) is 6.03. The molecule has 0 aliphatic heterocycles. The number of rotatable bonds is 4. The summed E-state index contributed by atoms with van der Waals surface area (Å²) >= 11 is 3.41. The van der Waals surface area contributed by atoms with E-state index in [9.17, 15) is 9.59 Å². The second kappa shape index (κ2) is 5.30. The van der Waals surface area contributed by atoms with E-state index in [2.05, 4.69) is 34.9 Å². The standard InChI is InChI=1S/C10H15BrN2O2/c1-7(2)8(5-11)6-13-10(15)4-3-9(14)12-13/h3-4,7-8H,5-6H2,1-2H3,(H,12,14). The quantitative estimate of drug-likeness (QED) is 0.839. The van der Waals surface area contributed by atoms with Crippen LogP contribution in [0.15, 0.2) is 21.7 Å². The lowest BCUT2D eigenvalue weighted by Gasteiger charge is -2.18. The van der Waals surface area contributed by atoms with E-state index in [1.807, 2.05) is 0 Å². The fraction of sp³-hybridized carbons (Fsp3) is 0.600. The SMILES string of the molecule is CC(C)C(CBr)Cn1[nH]c(=O)ccc1=O. The van der Waals surface area contributed by atoms with Crippen LogP contribution in [0.1, 0.15) is 13.8 Å². The predicted molar refractivity (Wildman–Crippen MR) is 63.4 cm³/mol. The largest absolute Gasteiger partial charge is 0.268 e. The molecule has 84 valence electrons. The molecule has 4 nitrogen and oxygen atoms in total. The summed E-state index contributed by atoms with van der Waals surface area (Å²) in [4.78, 5) is 22.5. The van der Waals surface area contributed by atoms with E-state index in [4.69, 9.17) is 0 Å². The zero-order valence-corrected chi connectivity index (χ0v) is 10.5. The number of hydrogen-bond acceptors (Lipinski definition) is 2. The van der Waals surface area contributed by atoms with Gasteiger partial charge < -0.3 is 0 Å². The second-order valence-corrected chi connectivity index (χ2v) is 4.56. The van der Waals surface area contributed by atoms with E-state index in [-0.39, 0.29) is 11.1 Å². The minimum atomic E-state index is -0.244.